The van der Waals surface area contributed by atoms with Crippen LogP contribution in [0.4, 0.5) is 0 Å². The van der Waals surface area contributed by atoms with Gasteiger partial charge in [-0.2, -0.15) is 0 Å². The van der Waals surface area contributed by atoms with Gasteiger partial charge in [-0.05, 0) is 0 Å². The Kier molecular flexibility index (Phi) is 1.82. The van der Waals surface area contributed by atoms with Crippen molar-refractivity contribution >= 4 is 13.0 Å². The first kappa shape index (κ1) is 4.67. The van der Waals surface area contributed by atoms with Crippen LogP contribution in [0.1, 0.15) is 6.92 Å². The van der Waals surface area contributed by atoms with Crippen LogP contribution in [0.2, 0.25) is 0 Å². The Morgan fingerprint density at radius 2 is 2.20 bits per heavy atom. The molecule has 0 aromatic rings. The first-order chi connectivity index (χ1) is 2.27. The molecule has 0 aromatic heterocycles. The van der Waals surface area contributed by atoms with Crippen molar-refractivity contribution < 1.29 is 0 Å². The Morgan fingerprint density at radius 1 is 2.00 bits per heavy atom. The van der Waals surface area contributed by atoms with Gasteiger partial charge in [0.05, 0.1) is 0 Å². The second-order valence-electron chi connectivity index (χ2n) is 1.05. The zero-order chi connectivity index (χ0) is 4.28. The van der Waals surface area contributed by atoms with Crippen LogP contribution < -0.4 is 0 Å². The topological polar surface area (TPSA) is 0 Å². The average molecular weight is 65.9 g/mol. The second kappa shape index (κ2) is 1.95. The van der Waals surface area contributed by atoms with Crippen LogP contribution in [0.25, 0.3) is 0 Å². The van der Waals surface area contributed by atoms with Gasteiger partial charge < -0.3 is 0 Å². The summed E-state index contributed by atoms with van der Waals surface area (Å²) in [4.78, 5) is 0. The van der Waals surface area contributed by atoms with E-state index in [9.17, 15) is 0 Å². The predicted molar refractivity (Wildman–Crippen MR) is 28.0 cm³/mol. The maximum atomic E-state index is 3.56. The quantitative estimate of drug-likeness (QED) is 0.385. The molecule has 0 rings (SSSR count). The van der Waals surface area contributed by atoms with Gasteiger partial charge in [-0.15, -0.1) is 0 Å². The van der Waals surface area contributed by atoms with Gasteiger partial charge in [-0.1, -0.05) is 0 Å². The van der Waals surface area contributed by atoms with Crippen molar-refractivity contribution in [1.29, 1.82) is 0 Å². The fourth-order valence-electron chi connectivity index (χ4n) is 0. The second-order valence-corrected chi connectivity index (χ2v) is 1.05. The van der Waals surface area contributed by atoms with E-state index in [-0.39, 0.29) is 0 Å². The van der Waals surface area contributed by atoms with E-state index in [4.69, 9.17) is 0 Å². The van der Waals surface area contributed by atoms with E-state index in [1.165, 1.54) is 0 Å². The van der Waals surface area contributed by atoms with Crippen LogP contribution in [0.5, 0.6) is 0 Å². The summed E-state index contributed by atoms with van der Waals surface area (Å²) < 4.78 is 0. The van der Waals surface area contributed by atoms with Crippen molar-refractivity contribution in [2.24, 2.45) is 0 Å². The van der Waals surface area contributed by atoms with Crippen LogP contribution in [0, 0.1) is 0 Å². The summed E-state index contributed by atoms with van der Waals surface area (Å²) in [7, 11) is 3.56. The Labute approximate surface area is 33.6 Å². The molecular weight excluding hydrogens is 58.9 g/mol. The van der Waals surface area contributed by atoms with E-state index in [1.54, 1.807) is 6.08 Å². The summed E-state index contributed by atoms with van der Waals surface area (Å²) in [5.74, 6) is 0. The van der Waals surface area contributed by atoms with Gasteiger partial charge in [0, 0.05) is 0 Å². The summed E-state index contributed by atoms with van der Waals surface area (Å²) in [6.07, 6.45) is 1.72. The molecule has 0 aliphatic heterocycles. The molecule has 0 unspecified atom stereocenters. The molecule has 0 aromatic carbocycles. The summed E-state index contributed by atoms with van der Waals surface area (Å²) in [5.41, 5.74) is 1.02. The number of rotatable bonds is 1. The Morgan fingerprint density at radius 3 is 2.20 bits per heavy atom. The number of hydrogen-bond acceptors (Lipinski definition) is 0. The first-order valence-electron chi connectivity index (χ1n) is 1.55. The SMILES string of the molecule is B=C(C)C=C. The minimum absolute atomic E-state index is 1.02. The van der Waals surface area contributed by atoms with Crippen LogP contribution in [-0.2, 0) is 0 Å². The van der Waals surface area contributed by atoms with Crippen LogP contribution in [0.15, 0.2) is 12.7 Å². The van der Waals surface area contributed by atoms with Crippen molar-refractivity contribution in [3.63, 3.8) is 0 Å². The summed E-state index contributed by atoms with van der Waals surface area (Å²) in [6, 6.07) is 0. The predicted octanol–water partition coefficient (Wildman–Crippen LogP) is 0.265. The van der Waals surface area contributed by atoms with Crippen LogP contribution in [-0.4, -0.2) is 13.0 Å². The Balaban J connectivity index is 3.20. The van der Waals surface area contributed by atoms with Crippen molar-refractivity contribution in [2.45, 2.75) is 6.92 Å². The molecule has 0 N–H and O–H groups in total. The fourth-order valence-corrected chi connectivity index (χ4v) is 0. The molecule has 0 atom stereocenters. The van der Waals surface area contributed by atoms with Crippen LogP contribution >= 0.6 is 0 Å². The molecule has 0 heterocycles. The van der Waals surface area contributed by atoms with E-state index in [1.807, 2.05) is 6.92 Å². The van der Waals surface area contributed by atoms with E-state index < -0.39 is 0 Å². The van der Waals surface area contributed by atoms with Gasteiger partial charge >= 0.3 is 32.5 Å². The van der Waals surface area contributed by atoms with Gasteiger partial charge in [-0.25, -0.2) is 0 Å². The molecule has 1 heteroatoms. The molecule has 0 aliphatic carbocycles. The summed E-state index contributed by atoms with van der Waals surface area (Å²) in [6.45, 7) is 5.37. The Hall–Kier alpha value is -0.325. The molecular formula is C4H7B. The summed E-state index contributed by atoms with van der Waals surface area (Å²) >= 11 is 0. The van der Waals surface area contributed by atoms with Crippen molar-refractivity contribution in [3.05, 3.63) is 12.7 Å². The monoisotopic (exact) mass is 66.1 g/mol. The Bertz CT molecular complexity index is 54.7. The van der Waals surface area contributed by atoms with Gasteiger partial charge in [0.1, 0.15) is 0 Å². The molecule has 0 fully saturated rings. The third-order valence-corrected chi connectivity index (χ3v) is 0.348. The van der Waals surface area contributed by atoms with E-state index >= 15 is 0 Å². The molecule has 5 heavy (non-hydrogen) atoms. The zero-order valence-electron chi connectivity index (χ0n) is 3.49. The molecule has 0 aliphatic rings. The molecule has 0 spiro atoms. The van der Waals surface area contributed by atoms with Crippen molar-refractivity contribution in [2.75, 3.05) is 0 Å². The van der Waals surface area contributed by atoms with Crippen LogP contribution in [0.3, 0.4) is 0 Å². The van der Waals surface area contributed by atoms with Gasteiger partial charge in [0.2, 0.25) is 0 Å². The van der Waals surface area contributed by atoms with E-state index in [2.05, 4.69) is 14.1 Å². The van der Waals surface area contributed by atoms with Gasteiger partial charge in [0.15, 0.2) is 0 Å². The molecule has 0 amide bonds. The molecule has 26 valence electrons. The number of hydrogen-bond donors (Lipinski definition) is 0. The van der Waals surface area contributed by atoms with Crippen molar-refractivity contribution in [3.8, 4) is 0 Å². The fraction of sp³-hybridized carbons (Fsp3) is 0.250. The van der Waals surface area contributed by atoms with E-state index in [0.717, 1.165) is 5.46 Å². The number of allylic oxidation sites excluding steroid dienone is 1. The molecule has 0 radical (unpaired) electrons. The maximum absolute atomic E-state index is 3.56. The first-order valence-corrected chi connectivity index (χ1v) is 1.55. The summed E-state index contributed by atoms with van der Waals surface area (Å²) in [5, 5.41) is 0. The molecule has 0 saturated heterocycles. The average Bonchev–Trinajstić information content (AvgIpc) is 1.38. The van der Waals surface area contributed by atoms with Crippen molar-refractivity contribution in [1.82, 2.24) is 0 Å². The van der Waals surface area contributed by atoms with E-state index in [0.29, 0.717) is 0 Å². The van der Waals surface area contributed by atoms with Gasteiger partial charge in [0.25, 0.3) is 0 Å². The molecule has 0 saturated carbocycles. The molecule has 0 nitrogen and oxygen atoms in total. The molecule has 0 bridgehead atoms. The third kappa shape index (κ3) is 3.67. The standard InChI is InChI=1S/C4H7B/c1-3-4(2)5/h3,5H,1H2,2H3. The zero-order valence-corrected chi connectivity index (χ0v) is 3.49. The third-order valence-electron chi connectivity index (χ3n) is 0.348. The van der Waals surface area contributed by atoms with Gasteiger partial charge in [-0.3, -0.25) is 0 Å². The minimum atomic E-state index is 1.02. The normalized spacial score (nSPS) is 6.40.